The molecule has 0 fully saturated rings. The third-order valence-electron chi connectivity index (χ3n) is 3.00. The first-order valence-corrected chi connectivity index (χ1v) is 6.77. The topological polar surface area (TPSA) is 85.8 Å². The summed E-state index contributed by atoms with van der Waals surface area (Å²) in [6.45, 7) is 2.00. The van der Waals surface area contributed by atoms with Gasteiger partial charge in [0.1, 0.15) is 17.3 Å². The van der Waals surface area contributed by atoms with E-state index in [0.717, 1.165) is 11.5 Å². The van der Waals surface area contributed by atoms with Crippen LogP contribution in [0.3, 0.4) is 0 Å². The molecule has 2 N–H and O–H groups in total. The number of furan rings is 1. The van der Waals surface area contributed by atoms with Gasteiger partial charge in [-0.1, -0.05) is 6.07 Å². The molecule has 0 aliphatic carbocycles. The van der Waals surface area contributed by atoms with E-state index in [1.54, 1.807) is 36.2 Å². The summed E-state index contributed by atoms with van der Waals surface area (Å²) in [5.74, 6) is 1.21. The van der Waals surface area contributed by atoms with Crippen molar-refractivity contribution in [1.29, 1.82) is 0 Å². The lowest BCUT2D eigenvalue weighted by molar-refractivity contribution is -0.119. The molecule has 2 rings (SSSR count). The van der Waals surface area contributed by atoms with E-state index in [0.29, 0.717) is 17.9 Å². The van der Waals surface area contributed by atoms with Crippen LogP contribution in [0.2, 0.25) is 0 Å². The lowest BCUT2D eigenvalue weighted by atomic mass is 10.2. The fourth-order valence-corrected chi connectivity index (χ4v) is 1.97. The predicted octanol–water partition coefficient (Wildman–Crippen LogP) is 1.72. The largest absolute Gasteiger partial charge is 0.484 e. The molecular weight excluding hydrogens is 284 g/mol. The first-order valence-electron chi connectivity index (χ1n) is 6.77. The van der Waals surface area contributed by atoms with E-state index in [1.807, 2.05) is 19.1 Å². The normalized spacial score (nSPS) is 10.3. The molecule has 1 aromatic carbocycles. The molecular formula is C16H18N2O4. The van der Waals surface area contributed by atoms with Crippen molar-refractivity contribution in [3.8, 4) is 5.75 Å². The van der Waals surface area contributed by atoms with E-state index in [2.05, 4.69) is 0 Å². The number of hydrogen-bond acceptors (Lipinski definition) is 4. The Morgan fingerprint density at radius 2 is 2.05 bits per heavy atom. The van der Waals surface area contributed by atoms with Crippen molar-refractivity contribution in [2.24, 2.45) is 5.73 Å². The van der Waals surface area contributed by atoms with Crippen LogP contribution in [-0.4, -0.2) is 30.4 Å². The maximum Gasteiger partial charge on any atom is 0.255 e. The number of nitrogens with zero attached hydrogens (tertiary/aromatic N) is 1. The molecule has 0 aliphatic heterocycles. The summed E-state index contributed by atoms with van der Waals surface area (Å²) in [5.41, 5.74) is 5.49. The highest BCUT2D eigenvalue weighted by Gasteiger charge is 2.14. The Labute approximate surface area is 128 Å². The smallest absolute Gasteiger partial charge is 0.255 e. The summed E-state index contributed by atoms with van der Waals surface area (Å²) in [7, 11) is 1.69. The van der Waals surface area contributed by atoms with Crippen LogP contribution in [-0.2, 0) is 11.3 Å². The Balaban J connectivity index is 2.04. The van der Waals surface area contributed by atoms with Gasteiger partial charge in [-0.3, -0.25) is 9.59 Å². The Hall–Kier alpha value is -2.76. The molecule has 6 nitrogen and oxygen atoms in total. The molecule has 0 saturated carbocycles. The molecule has 0 aliphatic rings. The standard InChI is InChI=1S/C16H18N2O4/c1-11-6-7-14(22-11)9-18(2)16(20)12-4-3-5-13(8-12)21-10-15(17)19/h3-8H,9-10H2,1-2H3,(H2,17,19). The average Bonchev–Trinajstić information content (AvgIpc) is 2.89. The van der Waals surface area contributed by atoms with E-state index >= 15 is 0 Å². The zero-order valence-electron chi connectivity index (χ0n) is 12.5. The van der Waals surface area contributed by atoms with Crippen molar-refractivity contribution in [3.05, 3.63) is 53.5 Å². The van der Waals surface area contributed by atoms with Crippen LogP contribution >= 0.6 is 0 Å². The minimum atomic E-state index is -0.568. The molecule has 0 bridgehead atoms. The molecule has 0 radical (unpaired) electrons. The van der Waals surface area contributed by atoms with Crippen LogP contribution in [0.5, 0.6) is 5.75 Å². The lowest BCUT2D eigenvalue weighted by Gasteiger charge is -2.16. The third kappa shape index (κ3) is 4.12. The Bertz CT molecular complexity index is 678. The van der Waals surface area contributed by atoms with Gasteiger partial charge in [-0.15, -0.1) is 0 Å². The van der Waals surface area contributed by atoms with Crippen molar-refractivity contribution in [2.75, 3.05) is 13.7 Å². The Morgan fingerprint density at radius 3 is 2.68 bits per heavy atom. The zero-order chi connectivity index (χ0) is 16.1. The van der Waals surface area contributed by atoms with Gasteiger partial charge >= 0.3 is 0 Å². The molecule has 0 atom stereocenters. The van der Waals surface area contributed by atoms with Gasteiger partial charge in [0.2, 0.25) is 0 Å². The third-order valence-corrected chi connectivity index (χ3v) is 3.00. The van der Waals surface area contributed by atoms with Crippen molar-refractivity contribution in [1.82, 2.24) is 4.90 Å². The molecule has 0 unspecified atom stereocenters. The van der Waals surface area contributed by atoms with Gasteiger partial charge in [-0.05, 0) is 37.3 Å². The number of benzene rings is 1. The second-order valence-electron chi connectivity index (χ2n) is 4.96. The van der Waals surface area contributed by atoms with Gasteiger partial charge in [0.15, 0.2) is 6.61 Å². The van der Waals surface area contributed by atoms with E-state index in [-0.39, 0.29) is 12.5 Å². The molecule has 22 heavy (non-hydrogen) atoms. The lowest BCUT2D eigenvalue weighted by Crippen LogP contribution is -2.26. The van der Waals surface area contributed by atoms with Crippen molar-refractivity contribution < 1.29 is 18.7 Å². The van der Waals surface area contributed by atoms with Crippen LogP contribution in [0.15, 0.2) is 40.8 Å². The summed E-state index contributed by atoms with van der Waals surface area (Å²) in [4.78, 5) is 24.6. The van der Waals surface area contributed by atoms with Gasteiger partial charge < -0.3 is 19.8 Å². The molecule has 0 saturated heterocycles. The number of amides is 2. The van der Waals surface area contributed by atoms with Gasteiger partial charge in [-0.2, -0.15) is 0 Å². The summed E-state index contributed by atoms with van der Waals surface area (Å²) in [6.07, 6.45) is 0. The van der Waals surface area contributed by atoms with Gasteiger partial charge in [0, 0.05) is 12.6 Å². The maximum absolute atomic E-state index is 12.4. The second-order valence-corrected chi connectivity index (χ2v) is 4.96. The summed E-state index contributed by atoms with van der Waals surface area (Å²) in [6, 6.07) is 10.3. The van der Waals surface area contributed by atoms with Crippen molar-refractivity contribution in [2.45, 2.75) is 13.5 Å². The average molecular weight is 302 g/mol. The SMILES string of the molecule is Cc1ccc(CN(C)C(=O)c2cccc(OCC(N)=O)c2)o1. The van der Waals surface area contributed by atoms with E-state index in [1.165, 1.54) is 0 Å². The van der Waals surface area contributed by atoms with Gasteiger partial charge in [0.25, 0.3) is 11.8 Å². The van der Waals surface area contributed by atoms with Crippen LogP contribution in [0.4, 0.5) is 0 Å². The highest BCUT2D eigenvalue weighted by Crippen LogP contribution is 2.16. The van der Waals surface area contributed by atoms with Crippen molar-refractivity contribution in [3.63, 3.8) is 0 Å². The van der Waals surface area contributed by atoms with Crippen LogP contribution in [0.25, 0.3) is 0 Å². The molecule has 6 heteroatoms. The number of hydrogen-bond donors (Lipinski definition) is 1. The van der Waals surface area contributed by atoms with Crippen LogP contribution in [0.1, 0.15) is 21.9 Å². The number of nitrogens with two attached hydrogens (primary N) is 1. The molecule has 116 valence electrons. The quantitative estimate of drug-likeness (QED) is 0.880. The Morgan fingerprint density at radius 1 is 1.27 bits per heavy atom. The summed E-state index contributed by atoms with van der Waals surface area (Å²) in [5, 5.41) is 0. The number of rotatable bonds is 6. The number of primary amides is 1. The highest BCUT2D eigenvalue weighted by atomic mass is 16.5. The van der Waals surface area contributed by atoms with Gasteiger partial charge in [-0.25, -0.2) is 0 Å². The second kappa shape index (κ2) is 6.80. The first-order chi connectivity index (χ1) is 10.5. The van der Waals surface area contributed by atoms with Crippen molar-refractivity contribution >= 4 is 11.8 Å². The molecule has 0 spiro atoms. The molecule has 2 aromatic rings. The molecule has 1 heterocycles. The minimum absolute atomic E-state index is 0.168. The maximum atomic E-state index is 12.4. The van der Waals surface area contributed by atoms with Gasteiger partial charge in [0.05, 0.1) is 6.54 Å². The number of carbonyl (C=O) groups excluding carboxylic acids is 2. The summed E-state index contributed by atoms with van der Waals surface area (Å²) < 4.78 is 10.7. The Kier molecular flexibility index (Phi) is 4.83. The fourth-order valence-electron chi connectivity index (χ4n) is 1.97. The predicted molar refractivity (Wildman–Crippen MR) is 80.4 cm³/mol. The zero-order valence-corrected chi connectivity index (χ0v) is 12.5. The molecule has 1 aromatic heterocycles. The number of carbonyl (C=O) groups is 2. The molecule has 2 amide bonds. The fraction of sp³-hybridized carbons (Fsp3) is 0.250. The monoisotopic (exact) mass is 302 g/mol. The van der Waals surface area contributed by atoms with E-state index in [9.17, 15) is 9.59 Å². The number of aryl methyl sites for hydroxylation is 1. The highest BCUT2D eigenvalue weighted by molar-refractivity contribution is 5.94. The van der Waals surface area contributed by atoms with Crippen LogP contribution in [0, 0.1) is 6.92 Å². The van der Waals surface area contributed by atoms with E-state index in [4.69, 9.17) is 14.9 Å². The first kappa shape index (κ1) is 15.6. The number of ether oxygens (including phenoxy) is 1. The minimum Gasteiger partial charge on any atom is -0.484 e. The summed E-state index contributed by atoms with van der Waals surface area (Å²) >= 11 is 0. The van der Waals surface area contributed by atoms with E-state index < -0.39 is 5.91 Å². The van der Waals surface area contributed by atoms with Crippen LogP contribution < -0.4 is 10.5 Å².